The lowest BCUT2D eigenvalue weighted by molar-refractivity contribution is 0.100. The van der Waals surface area contributed by atoms with Gasteiger partial charge >= 0.3 is 6.03 Å². The van der Waals surface area contributed by atoms with E-state index in [0.29, 0.717) is 17.4 Å². The zero-order valence-electron chi connectivity index (χ0n) is 13.2. The lowest BCUT2D eigenvalue weighted by atomic mass is 10.0. The van der Waals surface area contributed by atoms with Gasteiger partial charge in [-0.25, -0.2) is 4.79 Å². The van der Waals surface area contributed by atoms with Gasteiger partial charge in [0.15, 0.2) is 0 Å². The van der Waals surface area contributed by atoms with Crippen molar-refractivity contribution in [1.82, 2.24) is 4.98 Å². The highest BCUT2D eigenvalue weighted by Gasteiger charge is 2.17. The van der Waals surface area contributed by atoms with Gasteiger partial charge in [0.1, 0.15) is 5.82 Å². The first-order valence-electron chi connectivity index (χ1n) is 7.31. The Balaban J connectivity index is 0.00000225. The monoisotopic (exact) mass is 359 g/mol. The molecule has 3 amide bonds. The standard InChI is InChI=1S/C17H17N5O2.ClH/c18-8-9-1-3-10(4-2-9)11-5-6-12-13(7-11)21-16(22-17(20)24)14(12)15(19)23;/h1-7,21H,8,18H2,(H2,19,23)(H3,20,22,24);1H. The van der Waals surface area contributed by atoms with Crippen LogP contribution >= 0.6 is 12.4 Å². The van der Waals surface area contributed by atoms with E-state index in [0.717, 1.165) is 16.7 Å². The van der Waals surface area contributed by atoms with Crippen LogP contribution in [0.3, 0.4) is 0 Å². The maximum absolute atomic E-state index is 11.7. The summed E-state index contributed by atoms with van der Waals surface area (Å²) in [6, 6.07) is 12.6. The van der Waals surface area contributed by atoms with Gasteiger partial charge in [0, 0.05) is 17.4 Å². The van der Waals surface area contributed by atoms with Crippen molar-refractivity contribution < 1.29 is 9.59 Å². The maximum atomic E-state index is 11.7. The largest absolute Gasteiger partial charge is 0.365 e. The number of nitrogens with two attached hydrogens (primary N) is 3. The molecule has 2 aromatic carbocycles. The summed E-state index contributed by atoms with van der Waals surface area (Å²) >= 11 is 0. The van der Waals surface area contributed by atoms with Crippen LogP contribution < -0.4 is 22.5 Å². The van der Waals surface area contributed by atoms with E-state index in [-0.39, 0.29) is 23.8 Å². The molecule has 130 valence electrons. The third-order valence-corrected chi connectivity index (χ3v) is 3.82. The highest BCUT2D eigenvalue weighted by Crippen LogP contribution is 2.30. The zero-order valence-corrected chi connectivity index (χ0v) is 14.0. The van der Waals surface area contributed by atoms with Crippen LogP contribution in [-0.4, -0.2) is 16.9 Å². The van der Waals surface area contributed by atoms with Crippen LogP contribution in [0.25, 0.3) is 22.0 Å². The SMILES string of the molecule is Cl.NCc1ccc(-c2ccc3c(C(N)=O)c(NC(N)=O)[nH]c3c2)cc1. The average Bonchev–Trinajstić information content (AvgIpc) is 2.91. The summed E-state index contributed by atoms with van der Waals surface area (Å²) in [5, 5.41) is 3.01. The Morgan fingerprint density at radius 1 is 1.00 bits per heavy atom. The molecule has 0 aliphatic carbocycles. The number of nitrogens with one attached hydrogen (secondary N) is 2. The summed E-state index contributed by atoms with van der Waals surface area (Å²) in [7, 11) is 0. The number of H-pyrrole nitrogens is 1. The quantitative estimate of drug-likeness (QED) is 0.488. The van der Waals surface area contributed by atoms with E-state index in [9.17, 15) is 9.59 Å². The summed E-state index contributed by atoms with van der Waals surface area (Å²) < 4.78 is 0. The van der Waals surface area contributed by atoms with Gasteiger partial charge in [0.05, 0.1) is 5.56 Å². The molecular weight excluding hydrogens is 342 g/mol. The lowest BCUT2D eigenvalue weighted by Crippen LogP contribution is -2.22. The number of hydrogen-bond donors (Lipinski definition) is 5. The van der Waals surface area contributed by atoms with E-state index in [1.54, 1.807) is 6.07 Å². The van der Waals surface area contributed by atoms with Gasteiger partial charge in [-0.1, -0.05) is 36.4 Å². The molecular formula is C17H18ClN5O2. The number of carbonyl (C=O) groups excluding carboxylic acids is 2. The fraction of sp³-hybridized carbons (Fsp3) is 0.0588. The van der Waals surface area contributed by atoms with Crippen molar-refractivity contribution in [1.29, 1.82) is 0 Å². The lowest BCUT2D eigenvalue weighted by Gasteiger charge is -2.04. The van der Waals surface area contributed by atoms with E-state index in [1.807, 2.05) is 36.4 Å². The normalized spacial score (nSPS) is 10.3. The fourth-order valence-corrected chi connectivity index (χ4v) is 2.68. The molecule has 0 spiro atoms. The Bertz CT molecular complexity index is 934. The van der Waals surface area contributed by atoms with Crippen molar-refractivity contribution in [2.45, 2.75) is 6.54 Å². The highest BCUT2D eigenvalue weighted by atomic mass is 35.5. The zero-order chi connectivity index (χ0) is 17.3. The minimum absolute atomic E-state index is 0. The van der Waals surface area contributed by atoms with E-state index in [2.05, 4.69) is 10.3 Å². The van der Waals surface area contributed by atoms with Gasteiger partial charge in [-0.2, -0.15) is 0 Å². The third-order valence-electron chi connectivity index (χ3n) is 3.82. The van der Waals surface area contributed by atoms with Gasteiger partial charge in [-0.3, -0.25) is 10.1 Å². The van der Waals surface area contributed by atoms with Crippen LogP contribution in [0.1, 0.15) is 15.9 Å². The predicted octanol–water partition coefficient (Wildman–Crippen LogP) is 2.30. The molecule has 25 heavy (non-hydrogen) atoms. The number of fused-ring (bicyclic) bond motifs is 1. The van der Waals surface area contributed by atoms with Crippen molar-refractivity contribution in [2.75, 3.05) is 5.32 Å². The number of aromatic nitrogens is 1. The van der Waals surface area contributed by atoms with Crippen LogP contribution in [0.4, 0.5) is 10.6 Å². The molecule has 0 atom stereocenters. The minimum atomic E-state index is -0.776. The molecule has 0 fully saturated rings. The Morgan fingerprint density at radius 3 is 2.20 bits per heavy atom. The van der Waals surface area contributed by atoms with Gasteiger partial charge in [-0.05, 0) is 22.8 Å². The van der Waals surface area contributed by atoms with E-state index >= 15 is 0 Å². The van der Waals surface area contributed by atoms with Crippen LogP contribution in [0.5, 0.6) is 0 Å². The number of urea groups is 1. The van der Waals surface area contributed by atoms with Crippen molar-refractivity contribution in [3.05, 3.63) is 53.6 Å². The number of rotatable bonds is 4. The fourth-order valence-electron chi connectivity index (χ4n) is 2.68. The smallest absolute Gasteiger partial charge is 0.317 e. The maximum Gasteiger partial charge on any atom is 0.317 e. The number of anilines is 1. The molecule has 8 heteroatoms. The van der Waals surface area contributed by atoms with Gasteiger partial charge in [-0.15, -0.1) is 12.4 Å². The molecule has 7 nitrogen and oxygen atoms in total. The van der Waals surface area contributed by atoms with Gasteiger partial charge in [0.25, 0.3) is 5.91 Å². The van der Waals surface area contributed by atoms with Crippen LogP contribution in [0.2, 0.25) is 0 Å². The molecule has 0 unspecified atom stereocenters. The number of hydrogen-bond acceptors (Lipinski definition) is 3. The molecule has 0 aliphatic rings. The number of aromatic amines is 1. The topological polar surface area (TPSA) is 140 Å². The van der Waals surface area contributed by atoms with Crippen molar-refractivity contribution in [2.24, 2.45) is 17.2 Å². The van der Waals surface area contributed by atoms with E-state index in [4.69, 9.17) is 17.2 Å². The molecule has 0 saturated heterocycles. The van der Waals surface area contributed by atoms with Crippen molar-refractivity contribution in [3.63, 3.8) is 0 Å². The molecule has 0 bridgehead atoms. The second-order valence-electron chi connectivity index (χ2n) is 5.39. The van der Waals surface area contributed by atoms with Gasteiger partial charge in [0.2, 0.25) is 0 Å². The van der Waals surface area contributed by atoms with Crippen LogP contribution in [0.15, 0.2) is 42.5 Å². The van der Waals surface area contributed by atoms with Crippen LogP contribution in [-0.2, 0) is 6.54 Å². The van der Waals surface area contributed by atoms with E-state index < -0.39 is 11.9 Å². The minimum Gasteiger partial charge on any atom is -0.365 e. The summed E-state index contributed by atoms with van der Waals surface area (Å²) in [5.74, 6) is -0.453. The molecule has 3 aromatic rings. The van der Waals surface area contributed by atoms with Crippen LogP contribution in [0, 0.1) is 0 Å². The first-order valence-corrected chi connectivity index (χ1v) is 7.31. The van der Waals surface area contributed by atoms with E-state index in [1.165, 1.54) is 0 Å². The Hall–Kier alpha value is -3.03. The highest BCUT2D eigenvalue weighted by molar-refractivity contribution is 6.13. The third kappa shape index (κ3) is 3.57. The first kappa shape index (κ1) is 18.3. The number of primary amides is 2. The number of amides is 3. The Morgan fingerprint density at radius 2 is 1.64 bits per heavy atom. The molecule has 3 rings (SSSR count). The first-order chi connectivity index (χ1) is 11.5. The predicted molar refractivity (Wildman–Crippen MR) is 101 cm³/mol. The van der Waals surface area contributed by atoms with Crippen molar-refractivity contribution in [3.8, 4) is 11.1 Å². The average molecular weight is 360 g/mol. The summed E-state index contributed by atoms with van der Waals surface area (Å²) in [6.45, 7) is 0.486. The summed E-state index contributed by atoms with van der Waals surface area (Å²) in [6.07, 6.45) is 0. The Labute approximate surface area is 150 Å². The molecule has 0 aliphatic heterocycles. The summed E-state index contributed by atoms with van der Waals surface area (Å²) in [5.41, 5.74) is 20.0. The number of carbonyl (C=O) groups is 2. The molecule has 0 radical (unpaired) electrons. The van der Waals surface area contributed by atoms with Crippen molar-refractivity contribution >= 4 is 41.1 Å². The second-order valence-corrected chi connectivity index (χ2v) is 5.39. The Kier molecular flexibility index (Phi) is 5.31. The molecule has 0 saturated carbocycles. The second kappa shape index (κ2) is 7.25. The number of benzene rings is 2. The molecule has 8 N–H and O–H groups in total. The molecule has 1 heterocycles. The summed E-state index contributed by atoms with van der Waals surface area (Å²) in [4.78, 5) is 25.8. The van der Waals surface area contributed by atoms with Gasteiger partial charge < -0.3 is 22.2 Å². The number of halogens is 1. The molecule has 1 aromatic heterocycles.